The van der Waals surface area contributed by atoms with Crippen molar-refractivity contribution in [3.05, 3.63) is 41.3 Å². The molecule has 8 heteroatoms. The third kappa shape index (κ3) is 7.06. The normalized spacial score (nSPS) is 12.9. The van der Waals surface area contributed by atoms with Gasteiger partial charge in [-0.2, -0.15) is 0 Å². The smallest absolute Gasteiger partial charge is 0.324 e. The van der Waals surface area contributed by atoms with Crippen molar-refractivity contribution in [3.8, 4) is 0 Å². The molecule has 0 saturated carbocycles. The summed E-state index contributed by atoms with van der Waals surface area (Å²) >= 11 is 0. The van der Waals surface area contributed by atoms with E-state index >= 15 is 0 Å². The molecule has 1 unspecified atom stereocenters. The van der Waals surface area contributed by atoms with Crippen LogP contribution in [0, 0.1) is 12.3 Å². The Morgan fingerprint density at radius 1 is 1.03 bits per heavy atom. The molecular weight excluding hydrogens is 396 g/mol. The standard InChI is InChI=1S/C21H30O7S/c1-6-27-19(22)21(20(23)28-7-2,15-18(25-4)26-5)13-8-14-29(24)17-11-9-16(3)10-12-17/h8-12,14,18H,6-7,13,15H2,1-5H3/b14-8+. The highest BCUT2D eigenvalue weighted by atomic mass is 32.2. The Labute approximate surface area is 174 Å². The summed E-state index contributed by atoms with van der Waals surface area (Å²) in [6.07, 6.45) is 0.552. The molecule has 0 heterocycles. The molecule has 1 rings (SSSR count). The molecule has 162 valence electrons. The fourth-order valence-corrected chi connectivity index (χ4v) is 3.51. The molecule has 0 N–H and O–H groups in total. The van der Waals surface area contributed by atoms with Gasteiger partial charge in [0, 0.05) is 30.9 Å². The first-order chi connectivity index (χ1) is 13.8. The first-order valence-electron chi connectivity index (χ1n) is 9.38. The minimum absolute atomic E-state index is 0.0640. The highest BCUT2D eigenvalue weighted by Crippen LogP contribution is 2.34. The van der Waals surface area contributed by atoms with Gasteiger partial charge in [-0.1, -0.05) is 23.8 Å². The van der Waals surface area contributed by atoms with E-state index in [-0.39, 0.29) is 26.1 Å². The summed E-state index contributed by atoms with van der Waals surface area (Å²) in [5.74, 6) is -1.47. The molecule has 0 radical (unpaired) electrons. The maximum absolute atomic E-state index is 12.8. The van der Waals surface area contributed by atoms with Gasteiger partial charge in [-0.25, -0.2) is 4.21 Å². The van der Waals surface area contributed by atoms with Crippen molar-refractivity contribution < 1.29 is 32.7 Å². The van der Waals surface area contributed by atoms with E-state index < -0.39 is 34.4 Å². The van der Waals surface area contributed by atoms with Crippen molar-refractivity contribution in [1.29, 1.82) is 0 Å². The molecule has 0 amide bonds. The summed E-state index contributed by atoms with van der Waals surface area (Å²) in [4.78, 5) is 26.2. The zero-order chi connectivity index (χ0) is 21.9. The Bertz CT molecular complexity index is 690. The van der Waals surface area contributed by atoms with E-state index in [1.165, 1.54) is 25.7 Å². The van der Waals surface area contributed by atoms with Gasteiger partial charge in [0.2, 0.25) is 0 Å². The summed E-state index contributed by atoms with van der Waals surface area (Å²) in [6, 6.07) is 7.27. The van der Waals surface area contributed by atoms with E-state index in [0.717, 1.165) is 5.56 Å². The molecule has 0 fully saturated rings. The number of hydrogen-bond acceptors (Lipinski definition) is 7. The van der Waals surface area contributed by atoms with Gasteiger partial charge in [-0.05, 0) is 39.3 Å². The number of ether oxygens (including phenoxy) is 4. The summed E-state index contributed by atoms with van der Waals surface area (Å²) in [5.41, 5.74) is -0.611. The van der Waals surface area contributed by atoms with Crippen LogP contribution < -0.4 is 0 Å². The van der Waals surface area contributed by atoms with Gasteiger partial charge in [0.15, 0.2) is 11.7 Å². The second kappa shape index (κ2) is 12.5. The van der Waals surface area contributed by atoms with Crippen molar-refractivity contribution in [2.24, 2.45) is 5.41 Å². The van der Waals surface area contributed by atoms with Crippen LogP contribution in [0.5, 0.6) is 0 Å². The molecule has 29 heavy (non-hydrogen) atoms. The highest BCUT2D eigenvalue weighted by Gasteiger charge is 2.50. The second-order valence-corrected chi connectivity index (χ2v) is 7.65. The van der Waals surface area contributed by atoms with Crippen LogP contribution in [0.4, 0.5) is 0 Å². The summed E-state index contributed by atoms with van der Waals surface area (Å²) in [7, 11) is 1.40. The molecule has 1 atom stereocenters. The van der Waals surface area contributed by atoms with E-state index in [1.54, 1.807) is 26.0 Å². The van der Waals surface area contributed by atoms with Crippen molar-refractivity contribution in [3.63, 3.8) is 0 Å². The van der Waals surface area contributed by atoms with Gasteiger partial charge in [0.25, 0.3) is 0 Å². The molecule has 0 aliphatic rings. The van der Waals surface area contributed by atoms with E-state index in [0.29, 0.717) is 4.90 Å². The summed E-state index contributed by atoms with van der Waals surface area (Å²) in [5, 5.41) is 1.45. The van der Waals surface area contributed by atoms with Crippen LogP contribution in [0.3, 0.4) is 0 Å². The van der Waals surface area contributed by atoms with Crippen molar-refractivity contribution in [2.75, 3.05) is 27.4 Å². The lowest BCUT2D eigenvalue weighted by atomic mass is 9.80. The van der Waals surface area contributed by atoms with Crippen LogP contribution in [0.2, 0.25) is 0 Å². The first-order valence-corrected chi connectivity index (χ1v) is 10.6. The molecular formula is C21H30O7S. The average molecular weight is 427 g/mol. The van der Waals surface area contributed by atoms with Gasteiger partial charge < -0.3 is 18.9 Å². The zero-order valence-electron chi connectivity index (χ0n) is 17.6. The number of rotatable bonds is 12. The number of methoxy groups -OCH3 is 2. The number of carbonyl (C=O) groups is 2. The fourth-order valence-electron chi connectivity index (χ4n) is 2.67. The molecule has 0 aliphatic carbocycles. The van der Waals surface area contributed by atoms with Gasteiger partial charge in [0.1, 0.15) is 0 Å². The number of esters is 2. The van der Waals surface area contributed by atoms with Gasteiger partial charge in [-0.15, -0.1) is 0 Å². The molecule has 1 aromatic rings. The molecule has 0 spiro atoms. The lowest BCUT2D eigenvalue weighted by Gasteiger charge is -2.30. The number of benzene rings is 1. The Hall–Kier alpha value is -2.03. The van der Waals surface area contributed by atoms with Gasteiger partial charge in [-0.3, -0.25) is 9.59 Å². The minimum atomic E-state index is -1.67. The predicted octanol–water partition coefficient (Wildman–Crippen LogP) is 3.13. The first kappa shape index (κ1) is 25.0. The lowest BCUT2D eigenvalue weighted by Crippen LogP contribution is -2.45. The third-order valence-electron chi connectivity index (χ3n) is 4.31. The van der Waals surface area contributed by atoms with Gasteiger partial charge >= 0.3 is 11.9 Å². The second-order valence-electron chi connectivity index (χ2n) is 6.31. The molecule has 0 aromatic heterocycles. The molecule has 0 bridgehead atoms. The largest absolute Gasteiger partial charge is 0.465 e. The Morgan fingerprint density at radius 2 is 1.55 bits per heavy atom. The number of hydrogen-bond donors (Lipinski definition) is 0. The van der Waals surface area contributed by atoms with E-state index in [1.807, 2.05) is 19.1 Å². The maximum atomic E-state index is 12.8. The van der Waals surface area contributed by atoms with Crippen LogP contribution in [0.25, 0.3) is 0 Å². The molecule has 7 nitrogen and oxygen atoms in total. The predicted molar refractivity (Wildman–Crippen MR) is 109 cm³/mol. The number of carbonyl (C=O) groups excluding carboxylic acids is 2. The summed E-state index contributed by atoms with van der Waals surface area (Å²) < 4.78 is 33.2. The van der Waals surface area contributed by atoms with Crippen molar-refractivity contribution in [2.45, 2.75) is 44.8 Å². The SMILES string of the molecule is CCOC(=O)C(C/C=C/S(=O)c1ccc(C)cc1)(CC(OC)OC)C(=O)OCC. The van der Waals surface area contributed by atoms with Crippen LogP contribution in [-0.4, -0.2) is 49.9 Å². The quantitative estimate of drug-likeness (QED) is 0.288. The third-order valence-corrected chi connectivity index (χ3v) is 5.49. The molecule has 1 aromatic carbocycles. The molecule has 0 saturated heterocycles. The van der Waals surface area contributed by atoms with Crippen molar-refractivity contribution >= 4 is 22.7 Å². The Kier molecular flexibility index (Phi) is 10.8. The Balaban J connectivity index is 3.18. The van der Waals surface area contributed by atoms with Crippen LogP contribution in [0.1, 0.15) is 32.3 Å². The minimum Gasteiger partial charge on any atom is -0.465 e. The number of aryl methyl sites for hydroxylation is 1. The average Bonchev–Trinajstić information content (AvgIpc) is 2.71. The van der Waals surface area contributed by atoms with Crippen LogP contribution in [0.15, 0.2) is 40.6 Å². The maximum Gasteiger partial charge on any atom is 0.324 e. The zero-order valence-corrected chi connectivity index (χ0v) is 18.5. The topological polar surface area (TPSA) is 88.1 Å². The van der Waals surface area contributed by atoms with Crippen molar-refractivity contribution in [1.82, 2.24) is 0 Å². The van der Waals surface area contributed by atoms with E-state index in [9.17, 15) is 13.8 Å². The van der Waals surface area contributed by atoms with E-state index in [4.69, 9.17) is 18.9 Å². The highest BCUT2D eigenvalue weighted by molar-refractivity contribution is 7.88. The molecule has 0 aliphatic heterocycles. The van der Waals surface area contributed by atoms with E-state index in [2.05, 4.69) is 0 Å². The van der Waals surface area contributed by atoms with Crippen LogP contribution in [-0.2, 0) is 39.3 Å². The lowest BCUT2D eigenvalue weighted by molar-refractivity contribution is -0.184. The monoisotopic (exact) mass is 426 g/mol. The van der Waals surface area contributed by atoms with Gasteiger partial charge in [0.05, 0.1) is 24.0 Å². The summed E-state index contributed by atoms with van der Waals surface area (Å²) in [6.45, 7) is 5.45. The fraction of sp³-hybridized carbons (Fsp3) is 0.524. The van der Waals surface area contributed by atoms with Crippen LogP contribution >= 0.6 is 0 Å². The number of allylic oxidation sites excluding steroid dienone is 1. The Morgan fingerprint density at radius 3 is 2.00 bits per heavy atom.